The fraction of sp³-hybridized carbons (Fsp3) is 0.267. The quantitative estimate of drug-likeness (QED) is 0.549. The van der Waals surface area contributed by atoms with E-state index in [-0.39, 0.29) is 28.3 Å². The van der Waals surface area contributed by atoms with Crippen LogP contribution in [0.4, 0.5) is 5.69 Å². The van der Waals surface area contributed by atoms with Crippen molar-refractivity contribution in [3.8, 4) is 11.6 Å². The van der Waals surface area contributed by atoms with Crippen molar-refractivity contribution in [3.05, 3.63) is 40.2 Å². The van der Waals surface area contributed by atoms with E-state index in [9.17, 15) is 14.7 Å². The molecular formula is C15H17N3O4S. The van der Waals surface area contributed by atoms with Gasteiger partial charge in [-0.15, -0.1) is 0 Å². The summed E-state index contributed by atoms with van der Waals surface area (Å²) in [6.07, 6.45) is 0.386. The minimum Gasteiger partial charge on any atom is -0.497 e. The third-order valence-corrected chi connectivity index (χ3v) is 3.91. The number of aromatic hydroxyl groups is 1. The summed E-state index contributed by atoms with van der Waals surface area (Å²) in [6.45, 7) is 1.75. The number of nitrogens with one attached hydrogen (secondary N) is 2. The van der Waals surface area contributed by atoms with Crippen LogP contribution in [-0.2, 0) is 11.2 Å². The SMILES string of the molecule is CCc1c(O)nc(SCC(=O)Nc2ccc(OC)cc2)[nH]c1=O. The number of thioether (sulfide) groups is 1. The minimum absolute atomic E-state index is 0.0554. The van der Waals surface area contributed by atoms with Gasteiger partial charge in [-0.3, -0.25) is 9.59 Å². The third-order valence-electron chi connectivity index (χ3n) is 3.04. The lowest BCUT2D eigenvalue weighted by Crippen LogP contribution is -2.17. The molecule has 0 aliphatic rings. The van der Waals surface area contributed by atoms with Gasteiger partial charge in [-0.2, -0.15) is 4.98 Å². The smallest absolute Gasteiger partial charge is 0.258 e. The van der Waals surface area contributed by atoms with E-state index in [1.165, 1.54) is 0 Å². The zero-order valence-electron chi connectivity index (χ0n) is 12.8. The van der Waals surface area contributed by atoms with Gasteiger partial charge >= 0.3 is 0 Å². The Morgan fingerprint density at radius 3 is 2.65 bits per heavy atom. The Kier molecular flexibility index (Phi) is 5.64. The van der Waals surface area contributed by atoms with Crippen molar-refractivity contribution in [1.82, 2.24) is 9.97 Å². The maximum absolute atomic E-state index is 11.9. The van der Waals surface area contributed by atoms with Crippen molar-refractivity contribution < 1.29 is 14.6 Å². The van der Waals surface area contributed by atoms with Crippen molar-refractivity contribution in [2.75, 3.05) is 18.2 Å². The first-order valence-corrected chi connectivity index (χ1v) is 7.91. The van der Waals surface area contributed by atoms with Gasteiger partial charge in [0.05, 0.1) is 18.4 Å². The van der Waals surface area contributed by atoms with Gasteiger partial charge in [0.1, 0.15) is 5.75 Å². The molecule has 23 heavy (non-hydrogen) atoms. The van der Waals surface area contributed by atoms with E-state index in [2.05, 4.69) is 15.3 Å². The number of carbonyl (C=O) groups is 1. The highest BCUT2D eigenvalue weighted by atomic mass is 32.2. The molecule has 7 nitrogen and oxygen atoms in total. The number of hydrogen-bond acceptors (Lipinski definition) is 6. The molecule has 0 bridgehead atoms. The lowest BCUT2D eigenvalue weighted by molar-refractivity contribution is -0.113. The standard InChI is InChI=1S/C15H17N3O4S/c1-3-11-13(20)17-15(18-14(11)21)23-8-12(19)16-9-4-6-10(22-2)7-5-9/h4-7H,3,8H2,1-2H3,(H,16,19)(H2,17,18,20,21). The summed E-state index contributed by atoms with van der Waals surface area (Å²) < 4.78 is 5.04. The molecule has 0 aliphatic carbocycles. The number of anilines is 1. The van der Waals surface area contributed by atoms with E-state index in [0.29, 0.717) is 17.9 Å². The maximum Gasteiger partial charge on any atom is 0.258 e. The van der Waals surface area contributed by atoms with Gasteiger partial charge < -0.3 is 20.1 Å². The third kappa shape index (κ3) is 4.49. The van der Waals surface area contributed by atoms with Gasteiger partial charge in [-0.1, -0.05) is 18.7 Å². The van der Waals surface area contributed by atoms with Gasteiger partial charge in [0, 0.05) is 5.69 Å². The van der Waals surface area contributed by atoms with Crippen LogP contribution in [0.25, 0.3) is 0 Å². The molecule has 122 valence electrons. The Morgan fingerprint density at radius 2 is 2.09 bits per heavy atom. The number of ether oxygens (including phenoxy) is 1. The van der Waals surface area contributed by atoms with Crippen molar-refractivity contribution in [3.63, 3.8) is 0 Å². The normalized spacial score (nSPS) is 10.3. The summed E-state index contributed by atoms with van der Waals surface area (Å²) in [5.41, 5.74) is 0.483. The molecular weight excluding hydrogens is 318 g/mol. The predicted molar refractivity (Wildman–Crippen MR) is 88.2 cm³/mol. The first-order valence-electron chi connectivity index (χ1n) is 6.92. The summed E-state index contributed by atoms with van der Waals surface area (Å²) >= 11 is 1.04. The number of methoxy groups -OCH3 is 1. The molecule has 1 amide bonds. The lowest BCUT2D eigenvalue weighted by Gasteiger charge is -2.06. The Morgan fingerprint density at radius 1 is 1.39 bits per heavy atom. The molecule has 0 aliphatic heterocycles. The van der Waals surface area contributed by atoms with Gasteiger partial charge in [0.2, 0.25) is 11.8 Å². The fourth-order valence-electron chi connectivity index (χ4n) is 1.86. The van der Waals surface area contributed by atoms with E-state index < -0.39 is 5.56 Å². The molecule has 0 saturated carbocycles. The number of nitrogens with zero attached hydrogens (tertiary/aromatic N) is 1. The zero-order chi connectivity index (χ0) is 16.8. The van der Waals surface area contributed by atoms with Crippen LogP contribution in [0.5, 0.6) is 11.6 Å². The number of rotatable bonds is 6. The summed E-state index contributed by atoms with van der Waals surface area (Å²) in [6, 6.07) is 6.93. The molecule has 2 aromatic rings. The van der Waals surface area contributed by atoms with Crippen molar-refractivity contribution in [1.29, 1.82) is 0 Å². The molecule has 1 heterocycles. The molecule has 0 atom stereocenters. The molecule has 0 spiro atoms. The van der Waals surface area contributed by atoms with E-state index in [4.69, 9.17) is 4.74 Å². The largest absolute Gasteiger partial charge is 0.497 e. The van der Waals surface area contributed by atoms with Crippen LogP contribution in [0, 0.1) is 0 Å². The summed E-state index contributed by atoms with van der Waals surface area (Å²) in [7, 11) is 1.57. The summed E-state index contributed by atoms with van der Waals surface area (Å²) in [4.78, 5) is 30.0. The lowest BCUT2D eigenvalue weighted by atomic mass is 10.2. The monoisotopic (exact) mass is 335 g/mol. The van der Waals surface area contributed by atoms with Crippen LogP contribution in [0.3, 0.4) is 0 Å². The Labute approximate surface area is 137 Å². The second kappa shape index (κ2) is 7.68. The number of carbonyl (C=O) groups excluding carboxylic acids is 1. The summed E-state index contributed by atoms with van der Waals surface area (Å²) in [5.74, 6) is 0.210. The van der Waals surface area contributed by atoms with Crippen molar-refractivity contribution in [2.45, 2.75) is 18.5 Å². The number of hydrogen-bond donors (Lipinski definition) is 3. The first-order chi connectivity index (χ1) is 11.0. The fourth-order valence-corrected chi connectivity index (χ4v) is 2.51. The molecule has 0 saturated heterocycles. The van der Waals surface area contributed by atoms with Crippen LogP contribution < -0.4 is 15.6 Å². The number of benzene rings is 1. The Bertz CT molecular complexity index is 743. The van der Waals surface area contributed by atoms with Gasteiger partial charge in [-0.05, 0) is 30.7 Å². The second-order valence-corrected chi connectivity index (χ2v) is 5.56. The van der Waals surface area contributed by atoms with E-state index >= 15 is 0 Å². The van der Waals surface area contributed by atoms with E-state index in [1.807, 2.05) is 0 Å². The second-order valence-electron chi connectivity index (χ2n) is 4.59. The average molecular weight is 335 g/mol. The van der Waals surface area contributed by atoms with Gasteiger partial charge in [0.25, 0.3) is 5.56 Å². The number of H-pyrrole nitrogens is 1. The molecule has 8 heteroatoms. The highest BCUT2D eigenvalue weighted by molar-refractivity contribution is 7.99. The van der Waals surface area contributed by atoms with Gasteiger partial charge in [0.15, 0.2) is 5.16 Å². The van der Waals surface area contributed by atoms with Crippen LogP contribution in [0.1, 0.15) is 12.5 Å². The molecule has 2 rings (SSSR count). The Hall–Kier alpha value is -2.48. The van der Waals surface area contributed by atoms with Crippen LogP contribution in [0.15, 0.2) is 34.2 Å². The zero-order valence-corrected chi connectivity index (χ0v) is 13.6. The first kappa shape index (κ1) is 16.9. The average Bonchev–Trinajstić information content (AvgIpc) is 2.53. The van der Waals surface area contributed by atoms with Crippen LogP contribution in [0.2, 0.25) is 0 Å². The maximum atomic E-state index is 11.9. The minimum atomic E-state index is -0.391. The summed E-state index contributed by atoms with van der Waals surface area (Å²) in [5, 5.41) is 12.6. The number of amides is 1. The topological polar surface area (TPSA) is 104 Å². The van der Waals surface area contributed by atoms with Gasteiger partial charge in [-0.25, -0.2) is 0 Å². The molecule has 1 aromatic heterocycles. The molecule has 0 unspecified atom stereocenters. The Balaban J connectivity index is 1.95. The molecule has 0 fully saturated rings. The van der Waals surface area contributed by atoms with Crippen LogP contribution >= 0.6 is 11.8 Å². The predicted octanol–water partition coefficient (Wildman–Crippen LogP) is 1.78. The molecule has 3 N–H and O–H groups in total. The van der Waals surface area contributed by atoms with Crippen molar-refractivity contribution in [2.24, 2.45) is 0 Å². The molecule has 1 aromatic carbocycles. The molecule has 0 radical (unpaired) electrons. The number of aromatic amines is 1. The van der Waals surface area contributed by atoms with Crippen molar-refractivity contribution >= 4 is 23.4 Å². The highest BCUT2D eigenvalue weighted by Crippen LogP contribution is 2.18. The van der Waals surface area contributed by atoms with E-state index in [1.54, 1.807) is 38.3 Å². The number of aromatic nitrogens is 2. The van der Waals surface area contributed by atoms with E-state index in [0.717, 1.165) is 11.8 Å². The highest BCUT2D eigenvalue weighted by Gasteiger charge is 2.11. The van der Waals surface area contributed by atoms with Crippen LogP contribution in [-0.4, -0.2) is 33.8 Å².